The number of rotatable bonds is 9. The van der Waals surface area contributed by atoms with Crippen LogP contribution in [0.3, 0.4) is 0 Å². The zero-order chi connectivity index (χ0) is 18.2. The average molecular weight is 364 g/mol. The fraction of sp³-hybridized carbons (Fsp3) is 0.444. The van der Waals surface area contributed by atoms with Crippen molar-refractivity contribution in [2.24, 2.45) is 0 Å². The van der Waals surface area contributed by atoms with E-state index in [1.165, 1.54) is 0 Å². The molecule has 0 unspecified atom stereocenters. The van der Waals surface area contributed by atoms with Crippen LogP contribution in [-0.4, -0.2) is 49.4 Å². The second-order valence-corrected chi connectivity index (χ2v) is 5.73. The molecule has 0 spiro atoms. The Morgan fingerprint density at radius 2 is 2.04 bits per heavy atom. The quantitative estimate of drug-likeness (QED) is 0.413. The predicted octanol–water partition coefficient (Wildman–Crippen LogP) is 2.58. The molecule has 0 atom stereocenters. The molecule has 1 amide bonds. The van der Waals surface area contributed by atoms with E-state index in [-0.39, 0.29) is 5.91 Å². The Balaban J connectivity index is 2.11. The molecular weight excluding hydrogens is 340 g/mol. The number of carbonyl (C=O) groups excluding carboxylic acids is 1. The Morgan fingerprint density at radius 3 is 2.72 bits per heavy atom. The second-order valence-electron chi connectivity index (χ2n) is 5.34. The third kappa shape index (κ3) is 4.93. The number of ether oxygens (including phenoxy) is 3. The highest BCUT2D eigenvalue weighted by atomic mass is 32.1. The van der Waals surface area contributed by atoms with Gasteiger partial charge in [-0.25, -0.2) is 0 Å². The van der Waals surface area contributed by atoms with Crippen molar-refractivity contribution in [1.82, 2.24) is 10.2 Å². The Kier molecular flexibility index (Phi) is 7.21. The van der Waals surface area contributed by atoms with Crippen molar-refractivity contribution in [3.05, 3.63) is 29.5 Å². The molecule has 1 saturated heterocycles. The standard InChI is InChI=1S/C18H24N2O4S/c1-4-23-10-6-9-20-17(21)14(19-18(20)25)11-13-7-8-15(22-3)16(12-13)24-5-2/h7-8,11-12H,4-6,9-10H2,1-3H3,(H,19,25)/b14-11+. The van der Waals surface area contributed by atoms with Crippen LogP contribution in [0.1, 0.15) is 25.8 Å². The van der Waals surface area contributed by atoms with Crippen LogP contribution in [0.25, 0.3) is 6.08 Å². The van der Waals surface area contributed by atoms with E-state index in [4.69, 9.17) is 26.4 Å². The minimum absolute atomic E-state index is 0.129. The van der Waals surface area contributed by atoms with Gasteiger partial charge in [-0.3, -0.25) is 9.69 Å². The van der Waals surface area contributed by atoms with Crippen molar-refractivity contribution >= 4 is 29.3 Å². The van der Waals surface area contributed by atoms with Gasteiger partial charge in [-0.05, 0) is 56.3 Å². The highest BCUT2D eigenvalue weighted by Gasteiger charge is 2.30. The van der Waals surface area contributed by atoms with Gasteiger partial charge in [0.05, 0.1) is 13.7 Å². The SMILES string of the molecule is CCOCCCN1C(=O)/C(=C\c2ccc(OC)c(OCC)c2)NC1=S. The molecule has 0 aliphatic carbocycles. The van der Waals surface area contributed by atoms with Crippen molar-refractivity contribution < 1.29 is 19.0 Å². The summed E-state index contributed by atoms with van der Waals surface area (Å²) in [4.78, 5) is 14.1. The fourth-order valence-electron chi connectivity index (χ4n) is 2.46. The molecule has 1 aliphatic heterocycles. The van der Waals surface area contributed by atoms with Gasteiger partial charge in [-0.2, -0.15) is 0 Å². The lowest BCUT2D eigenvalue weighted by molar-refractivity contribution is -0.122. The number of nitrogens with one attached hydrogen (secondary N) is 1. The van der Waals surface area contributed by atoms with E-state index in [2.05, 4.69) is 5.32 Å². The second kappa shape index (κ2) is 9.39. The van der Waals surface area contributed by atoms with Gasteiger partial charge < -0.3 is 19.5 Å². The van der Waals surface area contributed by atoms with Crippen molar-refractivity contribution in [3.8, 4) is 11.5 Å². The van der Waals surface area contributed by atoms with Crippen LogP contribution in [0.15, 0.2) is 23.9 Å². The topological polar surface area (TPSA) is 60.0 Å². The molecule has 1 aromatic rings. The average Bonchev–Trinajstić information content (AvgIpc) is 2.86. The number of carbonyl (C=O) groups is 1. The molecule has 6 nitrogen and oxygen atoms in total. The van der Waals surface area contributed by atoms with Crippen molar-refractivity contribution in [2.75, 3.05) is 33.5 Å². The number of hydrogen-bond acceptors (Lipinski definition) is 5. The highest BCUT2D eigenvalue weighted by molar-refractivity contribution is 7.80. The van der Waals surface area contributed by atoms with Gasteiger partial charge in [0.1, 0.15) is 5.70 Å². The third-order valence-corrected chi connectivity index (χ3v) is 3.96. The van der Waals surface area contributed by atoms with Crippen LogP contribution >= 0.6 is 12.2 Å². The van der Waals surface area contributed by atoms with E-state index in [0.717, 1.165) is 12.0 Å². The van der Waals surface area contributed by atoms with Crippen molar-refractivity contribution in [1.29, 1.82) is 0 Å². The van der Waals surface area contributed by atoms with Gasteiger partial charge >= 0.3 is 0 Å². The molecular formula is C18H24N2O4S. The first-order chi connectivity index (χ1) is 12.1. The van der Waals surface area contributed by atoms with E-state index < -0.39 is 0 Å². The summed E-state index contributed by atoms with van der Waals surface area (Å²) in [7, 11) is 1.59. The molecule has 1 fully saturated rings. The number of methoxy groups -OCH3 is 1. The molecule has 1 aliphatic rings. The van der Waals surface area contributed by atoms with Gasteiger partial charge in [0.25, 0.3) is 5.91 Å². The maximum Gasteiger partial charge on any atom is 0.276 e. The number of amides is 1. The first-order valence-corrected chi connectivity index (χ1v) is 8.74. The monoisotopic (exact) mass is 364 g/mol. The first kappa shape index (κ1) is 19.2. The van der Waals surface area contributed by atoms with Gasteiger partial charge in [-0.15, -0.1) is 0 Å². The summed E-state index contributed by atoms with van der Waals surface area (Å²) in [6, 6.07) is 5.52. The summed E-state index contributed by atoms with van der Waals surface area (Å²) in [5, 5.41) is 3.40. The maximum absolute atomic E-state index is 12.5. The van der Waals surface area contributed by atoms with Gasteiger partial charge in [-0.1, -0.05) is 6.07 Å². The van der Waals surface area contributed by atoms with Gasteiger partial charge in [0.15, 0.2) is 16.6 Å². The van der Waals surface area contributed by atoms with Crippen molar-refractivity contribution in [3.63, 3.8) is 0 Å². The van der Waals surface area contributed by atoms with Crippen LogP contribution in [0, 0.1) is 0 Å². The summed E-state index contributed by atoms with van der Waals surface area (Å²) in [5.41, 5.74) is 1.29. The molecule has 0 aromatic heterocycles. The molecule has 1 aromatic carbocycles. The summed E-state index contributed by atoms with van der Waals surface area (Å²) in [6.45, 7) is 6.20. The largest absolute Gasteiger partial charge is 0.493 e. The lowest BCUT2D eigenvalue weighted by Gasteiger charge is -2.13. The van der Waals surface area contributed by atoms with E-state index in [9.17, 15) is 4.79 Å². The van der Waals surface area contributed by atoms with E-state index in [0.29, 0.717) is 48.7 Å². The molecule has 2 rings (SSSR count). The third-order valence-electron chi connectivity index (χ3n) is 3.64. The number of nitrogens with zero attached hydrogens (tertiary/aromatic N) is 1. The minimum atomic E-state index is -0.129. The van der Waals surface area contributed by atoms with Gasteiger partial charge in [0.2, 0.25) is 0 Å². The predicted molar refractivity (Wildman–Crippen MR) is 101 cm³/mol. The molecule has 25 heavy (non-hydrogen) atoms. The summed E-state index contributed by atoms with van der Waals surface area (Å²) < 4.78 is 16.1. The molecule has 0 radical (unpaired) electrons. The molecule has 136 valence electrons. The summed E-state index contributed by atoms with van der Waals surface area (Å²) in [6.07, 6.45) is 2.50. The smallest absolute Gasteiger partial charge is 0.276 e. The normalized spacial score (nSPS) is 15.6. The first-order valence-electron chi connectivity index (χ1n) is 8.33. The zero-order valence-corrected chi connectivity index (χ0v) is 15.6. The molecule has 1 N–H and O–H groups in total. The summed E-state index contributed by atoms with van der Waals surface area (Å²) >= 11 is 5.26. The number of benzene rings is 1. The Bertz CT molecular complexity index is 660. The fourth-order valence-corrected chi connectivity index (χ4v) is 2.75. The lowest BCUT2D eigenvalue weighted by atomic mass is 10.1. The van der Waals surface area contributed by atoms with E-state index >= 15 is 0 Å². The Morgan fingerprint density at radius 1 is 1.24 bits per heavy atom. The molecule has 1 heterocycles. The maximum atomic E-state index is 12.5. The highest BCUT2D eigenvalue weighted by Crippen LogP contribution is 2.29. The summed E-state index contributed by atoms with van der Waals surface area (Å²) in [5.74, 6) is 1.17. The van der Waals surface area contributed by atoms with Crippen LogP contribution < -0.4 is 14.8 Å². The zero-order valence-electron chi connectivity index (χ0n) is 14.8. The lowest BCUT2D eigenvalue weighted by Crippen LogP contribution is -2.32. The number of thiocarbonyl (C=S) groups is 1. The molecule has 0 saturated carbocycles. The van der Waals surface area contributed by atoms with Crippen LogP contribution in [0.4, 0.5) is 0 Å². The molecule has 0 bridgehead atoms. The van der Waals surface area contributed by atoms with Crippen LogP contribution in [0.5, 0.6) is 11.5 Å². The minimum Gasteiger partial charge on any atom is -0.493 e. The number of hydrogen-bond donors (Lipinski definition) is 1. The van der Waals surface area contributed by atoms with Crippen LogP contribution in [0.2, 0.25) is 0 Å². The van der Waals surface area contributed by atoms with Gasteiger partial charge in [0, 0.05) is 19.8 Å². The van der Waals surface area contributed by atoms with Crippen molar-refractivity contribution in [2.45, 2.75) is 20.3 Å². The van der Waals surface area contributed by atoms with E-state index in [1.807, 2.05) is 32.0 Å². The molecule has 7 heteroatoms. The Hall–Kier alpha value is -2.12. The van der Waals surface area contributed by atoms with E-state index in [1.54, 1.807) is 18.1 Å². The van der Waals surface area contributed by atoms with Crippen LogP contribution in [-0.2, 0) is 9.53 Å². The Labute approximate surface area is 153 Å².